The summed E-state index contributed by atoms with van der Waals surface area (Å²) in [6.45, 7) is 3.73. The molecule has 0 saturated heterocycles. The van der Waals surface area contributed by atoms with Crippen LogP contribution >= 0.6 is 11.3 Å². The summed E-state index contributed by atoms with van der Waals surface area (Å²) in [5, 5.41) is 12.5. The molecule has 0 bridgehead atoms. The Bertz CT molecular complexity index is 680. The molecule has 1 aromatic heterocycles. The van der Waals surface area contributed by atoms with E-state index in [2.05, 4.69) is 22.1 Å². The van der Waals surface area contributed by atoms with Gasteiger partial charge in [-0.05, 0) is 38.1 Å². The number of carbonyl (C=O) groups is 1. The van der Waals surface area contributed by atoms with E-state index in [-0.39, 0.29) is 18.6 Å². The number of nitrogens with zero attached hydrogens (tertiary/aromatic N) is 1. The van der Waals surface area contributed by atoms with Gasteiger partial charge in [0.25, 0.3) is 5.91 Å². The summed E-state index contributed by atoms with van der Waals surface area (Å²) in [6.07, 6.45) is 1.80. The monoisotopic (exact) mass is 300 g/mol. The predicted molar refractivity (Wildman–Crippen MR) is 83.1 cm³/mol. The Morgan fingerprint density at radius 3 is 2.71 bits per heavy atom. The van der Waals surface area contributed by atoms with Crippen molar-refractivity contribution in [2.45, 2.75) is 19.9 Å². The van der Waals surface area contributed by atoms with Crippen molar-refractivity contribution in [1.82, 2.24) is 10.3 Å². The van der Waals surface area contributed by atoms with Crippen LogP contribution < -0.4 is 5.32 Å². The minimum absolute atomic E-state index is 0.120. The van der Waals surface area contributed by atoms with Gasteiger partial charge < -0.3 is 10.4 Å². The van der Waals surface area contributed by atoms with E-state index in [9.17, 15) is 4.79 Å². The van der Waals surface area contributed by atoms with Gasteiger partial charge in [0.05, 0.1) is 6.04 Å². The summed E-state index contributed by atoms with van der Waals surface area (Å²) in [5.74, 6) is 5.22. The first-order valence-corrected chi connectivity index (χ1v) is 7.35. The van der Waals surface area contributed by atoms with Crippen LogP contribution in [-0.2, 0) is 0 Å². The number of aliphatic hydroxyl groups excluding tert-OH is 1. The van der Waals surface area contributed by atoms with E-state index in [1.165, 1.54) is 0 Å². The van der Waals surface area contributed by atoms with E-state index in [0.29, 0.717) is 5.56 Å². The molecule has 0 fully saturated rings. The molecule has 1 heterocycles. The molecule has 0 aliphatic rings. The molecule has 2 N–H and O–H groups in total. The van der Waals surface area contributed by atoms with E-state index in [0.717, 1.165) is 15.4 Å². The number of hydrogen-bond acceptors (Lipinski definition) is 4. The Morgan fingerprint density at radius 1 is 1.43 bits per heavy atom. The lowest BCUT2D eigenvalue weighted by atomic mass is 10.1. The lowest BCUT2D eigenvalue weighted by molar-refractivity contribution is 0.0940. The number of aliphatic hydroxyl groups is 1. The fourth-order valence-corrected chi connectivity index (χ4v) is 2.54. The highest BCUT2D eigenvalue weighted by molar-refractivity contribution is 7.11. The summed E-state index contributed by atoms with van der Waals surface area (Å²) in [6, 6.07) is 6.84. The summed E-state index contributed by atoms with van der Waals surface area (Å²) in [4.78, 5) is 17.5. The first-order chi connectivity index (χ1) is 10.1. The maximum atomic E-state index is 12.2. The molecule has 0 saturated carbocycles. The van der Waals surface area contributed by atoms with Crippen LogP contribution in [-0.4, -0.2) is 22.6 Å². The largest absolute Gasteiger partial charge is 0.384 e. The third kappa shape index (κ3) is 4.15. The second kappa shape index (κ2) is 7.02. The average molecular weight is 300 g/mol. The normalized spacial score (nSPS) is 11.4. The maximum absolute atomic E-state index is 12.2. The molecule has 21 heavy (non-hydrogen) atoms. The predicted octanol–water partition coefficient (Wildman–Crippen LogP) is 2.29. The van der Waals surface area contributed by atoms with Gasteiger partial charge in [-0.1, -0.05) is 11.8 Å². The first kappa shape index (κ1) is 15.2. The third-order valence-electron chi connectivity index (χ3n) is 2.82. The fraction of sp³-hybridized carbons (Fsp3) is 0.250. The SMILES string of the molecule is Cc1cnc(C(C)NC(=O)c2ccc(C#CCO)cc2)s1. The van der Waals surface area contributed by atoms with Gasteiger partial charge in [0, 0.05) is 22.2 Å². The standard InChI is InChI=1S/C16H16N2O2S/c1-11-10-17-16(21-11)12(2)18-15(20)14-7-5-13(6-8-14)4-3-9-19/h5-8,10,12,19H,9H2,1-2H3,(H,18,20). The third-order valence-corrected chi connectivity index (χ3v) is 3.91. The quantitative estimate of drug-likeness (QED) is 0.855. The molecule has 5 heteroatoms. The van der Waals surface area contributed by atoms with E-state index in [4.69, 9.17) is 5.11 Å². The summed E-state index contributed by atoms with van der Waals surface area (Å²) < 4.78 is 0. The van der Waals surface area contributed by atoms with Crippen LogP contribution in [0.5, 0.6) is 0 Å². The highest BCUT2D eigenvalue weighted by Crippen LogP contribution is 2.19. The number of nitrogens with one attached hydrogen (secondary N) is 1. The van der Waals surface area contributed by atoms with Gasteiger partial charge in [0.1, 0.15) is 11.6 Å². The van der Waals surface area contributed by atoms with Gasteiger partial charge in [-0.2, -0.15) is 0 Å². The minimum Gasteiger partial charge on any atom is -0.384 e. The molecule has 1 aromatic carbocycles. The Kier molecular flexibility index (Phi) is 5.09. The van der Waals surface area contributed by atoms with Gasteiger partial charge in [-0.3, -0.25) is 4.79 Å². The molecule has 1 atom stereocenters. The molecular formula is C16H16N2O2S. The van der Waals surface area contributed by atoms with Crippen molar-refractivity contribution < 1.29 is 9.90 Å². The lowest BCUT2D eigenvalue weighted by Crippen LogP contribution is -2.26. The Balaban J connectivity index is 2.03. The zero-order valence-corrected chi connectivity index (χ0v) is 12.7. The van der Waals surface area contributed by atoms with Crippen LogP contribution in [0.3, 0.4) is 0 Å². The zero-order chi connectivity index (χ0) is 15.2. The minimum atomic E-state index is -0.174. The molecule has 1 amide bonds. The van der Waals surface area contributed by atoms with Crippen LogP contribution in [0.1, 0.15) is 38.8 Å². The molecule has 2 rings (SSSR count). The Hall–Kier alpha value is -2.16. The summed E-state index contributed by atoms with van der Waals surface area (Å²) >= 11 is 1.58. The lowest BCUT2D eigenvalue weighted by Gasteiger charge is -2.11. The Morgan fingerprint density at radius 2 is 2.14 bits per heavy atom. The van der Waals surface area contributed by atoms with Crippen molar-refractivity contribution in [1.29, 1.82) is 0 Å². The van der Waals surface area contributed by atoms with Gasteiger partial charge >= 0.3 is 0 Å². The number of aryl methyl sites for hydroxylation is 1. The molecule has 1 unspecified atom stereocenters. The second-order valence-electron chi connectivity index (χ2n) is 4.54. The van der Waals surface area contributed by atoms with Crippen LogP contribution in [0, 0.1) is 18.8 Å². The maximum Gasteiger partial charge on any atom is 0.251 e. The first-order valence-electron chi connectivity index (χ1n) is 6.53. The molecule has 0 radical (unpaired) electrons. The fourth-order valence-electron chi connectivity index (χ4n) is 1.76. The number of thiazole rings is 1. The van der Waals surface area contributed by atoms with Gasteiger partial charge in [-0.25, -0.2) is 4.98 Å². The zero-order valence-electron chi connectivity index (χ0n) is 11.9. The van der Waals surface area contributed by atoms with Gasteiger partial charge in [0.15, 0.2) is 0 Å². The number of benzene rings is 1. The number of aromatic nitrogens is 1. The van der Waals surface area contributed by atoms with Crippen LogP contribution in [0.2, 0.25) is 0 Å². The number of hydrogen-bond donors (Lipinski definition) is 2. The van der Waals surface area contributed by atoms with E-state index in [1.807, 2.05) is 13.8 Å². The summed E-state index contributed by atoms with van der Waals surface area (Å²) in [7, 11) is 0. The van der Waals surface area contributed by atoms with E-state index in [1.54, 1.807) is 41.8 Å². The number of carbonyl (C=O) groups excluding carboxylic acids is 1. The number of rotatable bonds is 3. The Labute approximate surface area is 127 Å². The highest BCUT2D eigenvalue weighted by Gasteiger charge is 2.13. The van der Waals surface area contributed by atoms with Crippen molar-refractivity contribution in [2.75, 3.05) is 6.61 Å². The summed E-state index contributed by atoms with van der Waals surface area (Å²) in [5.41, 5.74) is 1.34. The topological polar surface area (TPSA) is 62.2 Å². The van der Waals surface area contributed by atoms with Crippen molar-refractivity contribution in [3.8, 4) is 11.8 Å². The van der Waals surface area contributed by atoms with Gasteiger partial charge in [-0.15, -0.1) is 11.3 Å². The molecule has 108 valence electrons. The molecule has 0 spiro atoms. The molecular weight excluding hydrogens is 284 g/mol. The molecule has 2 aromatic rings. The van der Waals surface area contributed by atoms with Gasteiger partial charge in [0.2, 0.25) is 0 Å². The van der Waals surface area contributed by atoms with E-state index >= 15 is 0 Å². The van der Waals surface area contributed by atoms with E-state index < -0.39 is 0 Å². The van der Waals surface area contributed by atoms with Crippen LogP contribution in [0.15, 0.2) is 30.5 Å². The van der Waals surface area contributed by atoms with Crippen LogP contribution in [0.4, 0.5) is 0 Å². The van der Waals surface area contributed by atoms with Crippen molar-refractivity contribution in [3.63, 3.8) is 0 Å². The number of amides is 1. The molecule has 0 aliphatic heterocycles. The van der Waals surface area contributed by atoms with Crippen molar-refractivity contribution in [2.24, 2.45) is 0 Å². The molecule has 0 aliphatic carbocycles. The average Bonchev–Trinajstić information content (AvgIpc) is 2.92. The van der Waals surface area contributed by atoms with Crippen molar-refractivity contribution >= 4 is 17.2 Å². The van der Waals surface area contributed by atoms with Crippen molar-refractivity contribution in [3.05, 3.63) is 51.5 Å². The smallest absolute Gasteiger partial charge is 0.251 e. The highest BCUT2D eigenvalue weighted by atomic mass is 32.1. The molecule has 4 nitrogen and oxygen atoms in total. The second-order valence-corrected chi connectivity index (χ2v) is 5.81. The van der Waals surface area contributed by atoms with Crippen LogP contribution in [0.25, 0.3) is 0 Å².